The van der Waals surface area contributed by atoms with Crippen LogP contribution in [0.1, 0.15) is 25.0 Å². The summed E-state index contributed by atoms with van der Waals surface area (Å²) in [4.78, 5) is 65.9. The number of methoxy groups -OCH3 is 2. The van der Waals surface area contributed by atoms with Gasteiger partial charge in [-0.1, -0.05) is 49.2 Å². The van der Waals surface area contributed by atoms with Gasteiger partial charge >= 0.3 is 12.4 Å². The summed E-state index contributed by atoms with van der Waals surface area (Å²) in [6.45, 7) is 3.56. The number of carbonyl (C=O) groups excluding carboxylic acids is 2. The number of anilines is 2. The number of pyridine rings is 2. The maximum absolute atomic E-state index is 13.2. The highest BCUT2D eigenvalue weighted by Gasteiger charge is 2.34. The predicted molar refractivity (Wildman–Crippen MR) is 293 cm³/mol. The Morgan fingerprint density at radius 3 is 1.24 bits per heavy atom. The van der Waals surface area contributed by atoms with Crippen molar-refractivity contribution in [3.05, 3.63) is 152 Å². The van der Waals surface area contributed by atoms with Crippen molar-refractivity contribution in [1.82, 2.24) is 39.7 Å². The number of hydrogen-bond acceptors (Lipinski definition) is 14. The molecular formula is C52H46Cl2F6N10O10S2. The summed E-state index contributed by atoms with van der Waals surface area (Å²) in [6.07, 6.45) is -3.91. The molecule has 4 heterocycles. The van der Waals surface area contributed by atoms with Gasteiger partial charge in [-0.05, 0) is 83.9 Å². The molecule has 8 aromatic rings. The molecule has 0 bridgehead atoms. The Hall–Kier alpha value is -8.34. The number of nitrogens with zero attached hydrogens (tertiary/aromatic N) is 6. The van der Waals surface area contributed by atoms with Crippen LogP contribution >= 0.6 is 23.2 Å². The first-order valence-electron chi connectivity index (χ1n) is 23.8. The fraction of sp³-hybridized carbons (Fsp3) is 0.231. The van der Waals surface area contributed by atoms with Crippen molar-refractivity contribution in [2.45, 2.75) is 49.1 Å². The molecule has 8 rings (SSSR count). The molecule has 82 heavy (non-hydrogen) atoms. The van der Waals surface area contributed by atoms with E-state index in [-0.39, 0.29) is 69.9 Å². The van der Waals surface area contributed by atoms with Gasteiger partial charge in [0.25, 0.3) is 31.2 Å². The van der Waals surface area contributed by atoms with E-state index in [1.807, 2.05) is 0 Å². The molecule has 0 saturated heterocycles. The first kappa shape index (κ1) is 61.3. The minimum atomic E-state index is -4.71. The van der Waals surface area contributed by atoms with Gasteiger partial charge in [0.2, 0.25) is 23.6 Å². The molecule has 0 unspecified atom stereocenters. The number of sulfonamides is 2. The number of amides is 2. The molecule has 0 radical (unpaired) electrons. The molecule has 0 aliphatic heterocycles. The average molecular weight is 1220 g/mol. The van der Waals surface area contributed by atoms with Gasteiger partial charge in [-0.25, -0.2) is 36.8 Å². The number of nitrogens with one attached hydrogen (secondary N) is 4. The Bertz CT molecular complexity index is 3890. The van der Waals surface area contributed by atoms with Crippen LogP contribution in [0.25, 0.3) is 44.1 Å². The number of halogens is 8. The fourth-order valence-electron chi connectivity index (χ4n) is 8.07. The van der Waals surface area contributed by atoms with Crippen molar-refractivity contribution in [1.29, 1.82) is 0 Å². The van der Waals surface area contributed by atoms with Crippen molar-refractivity contribution >= 4 is 88.2 Å². The lowest BCUT2D eigenvalue weighted by atomic mass is 10.0. The van der Waals surface area contributed by atoms with Crippen molar-refractivity contribution in [2.24, 2.45) is 11.8 Å². The van der Waals surface area contributed by atoms with E-state index in [1.54, 1.807) is 50.2 Å². The number of alkyl halides is 6. The van der Waals surface area contributed by atoms with E-state index < -0.39 is 75.2 Å². The van der Waals surface area contributed by atoms with Gasteiger partial charge in [0.15, 0.2) is 0 Å². The van der Waals surface area contributed by atoms with Gasteiger partial charge in [0.1, 0.15) is 21.2 Å². The van der Waals surface area contributed by atoms with Gasteiger partial charge in [-0.3, -0.25) is 37.8 Å². The Morgan fingerprint density at radius 2 is 0.927 bits per heavy atom. The van der Waals surface area contributed by atoms with Gasteiger partial charge in [0.05, 0.1) is 81.7 Å². The van der Waals surface area contributed by atoms with Gasteiger partial charge in [-0.2, -0.15) is 26.3 Å². The van der Waals surface area contributed by atoms with Gasteiger partial charge in [0, 0.05) is 50.7 Å². The van der Waals surface area contributed by atoms with E-state index in [0.717, 1.165) is 12.1 Å². The third-order valence-corrected chi connectivity index (χ3v) is 16.0. The van der Waals surface area contributed by atoms with E-state index in [0.29, 0.717) is 57.6 Å². The van der Waals surface area contributed by atoms with Crippen LogP contribution in [0.3, 0.4) is 0 Å². The number of fused-ring (bicyclic) bond motifs is 2. The lowest BCUT2D eigenvalue weighted by Gasteiger charge is -2.15. The lowest BCUT2D eigenvalue weighted by molar-refractivity contribution is -0.138. The van der Waals surface area contributed by atoms with Crippen LogP contribution in [0.5, 0.6) is 11.8 Å². The first-order chi connectivity index (χ1) is 38.5. The highest BCUT2D eigenvalue weighted by atomic mass is 35.5. The van der Waals surface area contributed by atoms with Gasteiger partial charge < -0.3 is 20.1 Å². The summed E-state index contributed by atoms with van der Waals surface area (Å²) in [7, 11) is -3.42. The normalized spacial score (nSPS) is 12.7. The van der Waals surface area contributed by atoms with E-state index in [1.165, 1.54) is 74.6 Å². The summed E-state index contributed by atoms with van der Waals surface area (Å²) in [5.41, 5.74) is -0.662. The molecule has 0 spiro atoms. The predicted octanol–water partition coefficient (Wildman–Crippen LogP) is 8.64. The van der Waals surface area contributed by atoms with Crippen LogP contribution in [0.2, 0.25) is 10.0 Å². The molecule has 2 atom stereocenters. The second kappa shape index (κ2) is 24.4. The van der Waals surface area contributed by atoms with Crippen molar-refractivity contribution < 1.29 is 62.2 Å². The SMILES string of the molecule is CNC(=O)[C@@H](C)Cn1cnc2ccc(-c3cnc(OC)c(NS(=O)(=O)c4ccc(C(F)(F)F)cc4Cl)c3)cc2c1=O.CNC(=O)[C@H](C)Cn1cnc2ccc(-c3cnc(OC)c(NS(=O)(=O)c4ccc(C(F)(F)F)cc4Cl)c3)cc2c1=O. The van der Waals surface area contributed by atoms with Crippen molar-refractivity contribution in [3.63, 3.8) is 0 Å². The monoisotopic (exact) mass is 1220 g/mol. The highest BCUT2D eigenvalue weighted by Crippen LogP contribution is 2.38. The second-order valence-corrected chi connectivity index (χ2v) is 22.1. The van der Waals surface area contributed by atoms with E-state index in [4.69, 9.17) is 32.7 Å². The molecule has 4 aromatic heterocycles. The number of aromatic nitrogens is 6. The smallest absolute Gasteiger partial charge is 0.416 e. The summed E-state index contributed by atoms with van der Waals surface area (Å²) >= 11 is 11.8. The molecule has 0 saturated carbocycles. The van der Waals surface area contributed by atoms with Crippen LogP contribution in [0.15, 0.2) is 129 Å². The van der Waals surface area contributed by atoms with Crippen LogP contribution in [-0.4, -0.2) is 86.0 Å². The summed E-state index contributed by atoms with van der Waals surface area (Å²) in [5.74, 6) is -1.67. The quantitative estimate of drug-likeness (QED) is 0.0660. The third-order valence-electron chi connectivity index (χ3n) is 12.3. The van der Waals surface area contributed by atoms with Gasteiger partial charge in [-0.15, -0.1) is 0 Å². The van der Waals surface area contributed by atoms with Crippen LogP contribution in [0.4, 0.5) is 37.7 Å². The molecule has 0 fully saturated rings. The topological polar surface area (TPSA) is 265 Å². The molecule has 432 valence electrons. The zero-order valence-electron chi connectivity index (χ0n) is 43.6. The number of hydrogen-bond donors (Lipinski definition) is 4. The molecule has 4 aromatic carbocycles. The summed E-state index contributed by atoms with van der Waals surface area (Å²) < 4.78 is 148. The number of rotatable bonds is 16. The molecule has 2 amide bonds. The van der Waals surface area contributed by atoms with E-state index in [9.17, 15) is 62.4 Å². The summed E-state index contributed by atoms with van der Waals surface area (Å²) in [5, 5.41) is 4.32. The fourth-order valence-corrected chi connectivity index (χ4v) is 11.3. The largest absolute Gasteiger partial charge is 0.480 e. The maximum atomic E-state index is 13.2. The maximum Gasteiger partial charge on any atom is 0.416 e. The van der Waals surface area contributed by atoms with Crippen LogP contribution < -0.4 is 40.7 Å². The number of carbonyl (C=O) groups is 2. The lowest BCUT2D eigenvalue weighted by Crippen LogP contribution is -2.32. The van der Waals surface area contributed by atoms with Crippen LogP contribution in [-0.2, 0) is 55.1 Å². The summed E-state index contributed by atoms with van der Waals surface area (Å²) in [6, 6.07) is 16.2. The molecule has 0 aliphatic rings. The first-order valence-corrected chi connectivity index (χ1v) is 27.5. The zero-order valence-corrected chi connectivity index (χ0v) is 46.7. The molecular weight excluding hydrogens is 1170 g/mol. The van der Waals surface area contributed by atoms with Crippen LogP contribution in [0, 0.1) is 11.8 Å². The second-order valence-electron chi connectivity index (χ2n) is 18.0. The number of ether oxygens (including phenoxy) is 2. The zero-order chi connectivity index (χ0) is 60.2. The Labute approximate surface area is 472 Å². The Morgan fingerprint density at radius 1 is 0.561 bits per heavy atom. The van der Waals surface area contributed by atoms with E-state index >= 15 is 0 Å². The van der Waals surface area contributed by atoms with Crippen molar-refractivity contribution in [2.75, 3.05) is 37.8 Å². The average Bonchev–Trinajstić information content (AvgIpc) is 3.50. The Kier molecular flexibility index (Phi) is 18.2. The van der Waals surface area contributed by atoms with E-state index in [2.05, 4.69) is 40.0 Å². The minimum absolute atomic E-state index is 0.105. The third kappa shape index (κ3) is 13.7. The Balaban J connectivity index is 0.000000236. The highest BCUT2D eigenvalue weighted by molar-refractivity contribution is 7.93. The number of benzene rings is 4. The standard InChI is InChI=1S/2C26H23ClF3N5O5S/c2*1-14(23(36)31-2)12-35-13-33-20-6-4-15(8-18(20)25(35)37)16-9-21(24(40-3)32-11-16)34-41(38,39)22-7-5-17(10-19(22)27)26(28,29)30/h2*4-11,13-14,34H,12H2,1-3H3,(H,31,36)/t2*14-/m10/s1. The van der Waals surface area contributed by atoms with Crippen molar-refractivity contribution in [3.8, 4) is 34.0 Å². The molecule has 30 heteroatoms. The molecule has 4 N–H and O–H groups in total. The molecule has 20 nitrogen and oxygen atoms in total. The molecule has 0 aliphatic carbocycles. The minimum Gasteiger partial charge on any atom is -0.480 e.